The highest BCUT2D eigenvalue weighted by Gasteiger charge is 2.31. The summed E-state index contributed by atoms with van der Waals surface area (Å²) in [6, 6.07) is 7.14. The quantitative estimate of drug-likeness (QED) is 0.792. The van der Waals surface area contributed by atoms with Crippen LogP contribution in [-0.2, 0) is 6.42 Å². The number of halogens is 2. The predicted molar refractivity (Wildman–Crippen MR) is 83.0 cm³/mol. The molecule has 108 valence electrons. The fourth-order valence-electron chi connectivity index (χ4n) is 3.03. The van der Waals surface area contributed by atoms with E-state index in [0.29, 0.717) is 6.04 Å². The van der Waals surface area contributed by atoms with E-state index in [4.69, 9.17) is 4.74 Å². The van der Waals surface area contributed by atoms with Crippen LogP contribution in [0.4, 0.5) is 0 Å². The van der Waals surface area contributed by atoms with Gasteiger partial charge in [0.2, 0.25) is 0 Å². The molecule has 0 amide bonds. The maximum Gasteiger partial charge on any atom is 0.119 e. The lowest BCUT2D eigenvalue weighted by Gasteiger charge is -2.43. The molecule has 0 saturated carbocycles. The molecule has 1 aromatic rings. The first-order valence-corrected chi connectivity index (χ1v) is 6.37. The van der Waals surface area contributed by atoms with Crippen molar-refractivity contribution < 1.29 is 4.74 Å². The molecule has 0 aliphatic carbocycles. The van der Waals surface area contributed by atoms with E-state index in [1.165, 1.54) is 30.8 Å². The number of piperazine rings is 1. The van der Waals surface area contributed by atoms with Crippen LogP contribution in [0.25, 0.3) is 0 Å². The number of nitrogens with zero attached hydrogens (tertiary/aromatic N) is 2. The standard InChI is InChI=1S/C14H20N2O.2ClH/c1-15-7-8-16-6-5-11-9-12(17-2)3-4-13(11)14(16)10-15;;/h3-4,9,14H,5-8,10H2,1-2H3;2*1H. The van der Waals surface area contributed by atoms with Crippen molar-refractivity contribution in [2.75, 3.05) is 40.3 Å². The minimum Gasteiger partial charge on any atom is -0.497 e. The number of hydrogen-bond donors (Lipinski definition) is 0. The maximum atomic E-state index is 5.31. The highest BCUT2D eigenvalue weighted by atomic mass is 35.5. The third-order valence-electron chi connectivity index (χ3n) is 4.07. The van der Waals surface area contributed by atoms with E-state index < -0.39 is 0 Å². The van der Waals surface area contributed by atoms with Gasteiger partial charge in [0.1, 0.15) is 5.75 Å². The summed E-state index contributed by atoms with van der Waals surface area (Å²) in [5, 5.41) is 0. The molecule has 1 unspecified atom stereocenters. The average Bonchev–Trinajstić information content (AvgIpc) is 2.37. The van der Waals surface area contributed by atoms with Crippen molar-refractivity contribution in [2.24, 2.45) is 0 Å². The average molecular weight is 305 g/mol. The molecule has 0 aromatic heterocycles. The summed E-state index contributed by atoms with van der Waals surface area (Å²) in [7, 11) is 3.96. The first-order chi connectivity index (χ1) is 8.28. The van der Waals surface area contributed by atoms with Crippen molar-refractivity contribution in [2.45, 2.75) is 12.5 Å². The van der Waals surface area contributed by atoms with Crippen LogP contribution < -0.4 is 4.74 Å². The zero-order chi connectivity index (χ0) is 11.8. The van der Waals surface area contributed by atoms with Crippen LogP contribution in [-0.4, -0.2) is 50.1 Å². The molecule has 1 fully saturated rings. The second-order valence-corrected chi connectivity index (χ2v) is 5.13. The van der Waals surface area contributed by atoms with Gasteiger partial charge in [-0.1, -0.05) is 6.07 Å². The van der Waals surface area contributed by atoms with Crippen molar-refractivity contribution >= 4 is 24.8 Å². The lowest BCUT2D eigenvalue weighted by Crippen LogP contribution is -2.49. The molecule has 3 nitrogen and oxygen atoms in total. The molecule has 0 N–H and O–H groups in total. The molecule has 19 heavy (non-hydrogen) atoms. The third-order valence-corrected chi connectivity index (χ3v) is 4.07. The van der Waals surface area contributed by atoms with Crippen LogP contribution in [0.5, 0.6) is 5.75 Å². The zero-order valence-corrected chi connectivity index (χ0v) is 13.1. The van der Waals surface area contributed by atoms with Gasteiger partial charge in [0.25, 0.3) is 0 Å². The molecule has 2 aliphatic rings. The number of rotatable bonds is 1. The highest BCUT2D eigenvalue weighted by Crippen LogP contribution is 2.33. The van der Waals surface area contributed by atoms with E-state index in [1.54, 1.807) is 7.11 Å². The Kier molecular flexibility index (Phi) is 5.93. The molecule has 0 spiro atoms. The van der Waals surface area contributed by atoms with Crippen LogP contribution in [0, 0.1) is 0 Å². The van der Waals surface area contributed by atoms with Crippen molar-refractivity contribution in [3.63, 3.8) is 0 Å². The molecule has 1 atom stereocenters. The fourth-order valence-corrected chi connectivity index (χ4v) is 3.03. The van der Waals surface area contributed by atoms with Gasteiger partial charge in [-0.2, -0.15) is 0 Å². The van der Waals surface area contributed by atoms with Gasteiger partial charge in [-0.25, -0.2) is 0 Å². The second-order valence-electron chi connectivity index (χ2n) is 5.13. The van der Waals surface area contributed by atoms with Crippen molar-refractivity contribution in [1.29, 1.82) is 0 Å². The highest BCUT2D eigenvalue weighted by molar-refractivity contribution is 5.85. The zero-order valence-electron chi connectivity index (χ0n) is 11.5. The van der Waals surface area contributed by atoms with E-state index >= 15 is 0 Å². The summed E-state index contributed by atoms with van der Waals surface area (Å²) in [5.74, 6) is 0.987. The first-order valence-electron chi connectivity index (χ1n) is 6.37. The Hall–Kier alpha value is -0.480. The number of fused-ring (bicyclic) bond motifs is 3. The van der Waals surface area contributed by atoms with E-state index in [1.807, 2.05) is 0 Å². The molecule has 0 bridgehead atoms. The predicted octanol–water partition coefficient (Wildman–Crippen LogP) is 2.38. The molecule has 2 heterocycles. The van der Waals surface area contributed by atoms with Gasteiger partial charge in [-0.15, -0.1) is 24.8 Å². The van der Waals surface area contributed by atoms with Crippen molar-refractivity contribution in [3.05, 3.63) is 29.3 Å². The molecule has 3 rings (SSSR count). The second kappa shape index (κ2) is 6.80. The maximum absolute atomic E-state index is 5.31. The monoisotopic (exact) mass is 304 g/mol. The summed E-state index contributed by atoms with van der Waals surface area (Å²) in [6.45, 7) is 4.74. The number of likely N-dealkylation sites (N-methyl/N-ethyl adjacent to an activating group) is 1. The number of benzene rings is 1. The third kappa shape index (κ3) is 3.16. The summed E-state index contributed by atoms with van der Waals surface area (Å²) in [5.41, 5.74) is 2.98. The van der Waals surface area contributed by atoms with Gasteiger partial charge >= 0.3 is 0 Å². The fraction of sp³-hybridized carbons (Fsp3) is 0.571. The van der Waals surface area contributed by atoms with E-state index in [9.17, 15) is 0 Å². The van der Waals surface area contributed by atoms with Crippen LogP contribution in [0.1, 0.15) is 17.2 Å². The van der Waals surface area contributed by atoms with Crippen molar-refractivity contribution in [3.8, 4) is 5.75 Å². The Morgan fingerprint density at radius 2 is 1.95 bits per heavy atom. The van der Waals surface area contributed by atoms with E-state index in [-0.39, 0.29) is 24.8 Å². The lowest BCUT2D eigenvalue weighted by molar-refractivity contribution is 0.0825. The van der Waals surface area contributed by atoms with Gasteiger partial charge < -0.3 is 9.64 Å². The number of methoxy groups -OCH3 is 1. The van der Waals surface area contributed by atoms with Crippen LogP contribution in [0.2, 0.25) is 0 Å². The molecule has 1 aromatic carbocycles. The Morgan fingerprint density at radius 1 is 1.16 bits per heavy atom. The number of hydrogen-bond acceptors (Lipinski definition) is 3. The lowest BCUT2D eigenvalue weighted by atomic mass is 9.91. The largest absolute Gasteiger partial charge is 0.497 e. The molecule has 1 saturated heterocycles. The minimum absolute atomic E-state index is 0. The van der Waals surface area contributed by atoms with Gasteiger partial charge in [-0.05, 0) is 36.7 Å². The Balaban J connectivity index is 0.000000902. The first kappa shape index (κ1) is 16.6. The summed E-state index contributed by atoms with van der Waals surface area (Å²) in [4.78, 5) is 5.05. The van der Waals surface area contributed by atoms with E-state index in [2.05, 4.69) is 35.0 Å². The molecule has 0 radical (unpaired) electrons. The van der Waals surface area contributed by atoms with Crippen LogP contribution in [0.3, 0.4) is 0 Å². The Morgan fingerprint density at radius 3 is 2.68 bits per heavy atom. The Bertz CT molecular complexity index is 428. The summed E-state index contributed by atoms with van der Waals surface area (Å²) >= 11 is 0. The summed E-state index contributed by atoms with van der Waals surface area (Å²) in [6.07, 6.45) is 1.16. The Labute approximate surface area is 127 Å². The van der Waals surface area contributed by atoms with Crippen LogP contribution in [0.15, 0.2) is 18.2 Å². The smallest absolute Gasteiger partial charge is 0.119 e. The topological polar surface area (TPSA) is 15.7 Å². The number of ether oxygens (including phenoxy) is 1. The van der Waals surface area contributed by atoms with Crippen molar-refractivity contribution in [1.82, 2.24) is 9.80 Å². The van der Waals surface area contributed by atoms with Crippen LogP contribution >= 0.6 is 24.8 Å². The molecule has 2 aliphatic heterocycles. The summed E-state index contributed by atoms with van der Waals surface area (Å²) < 4.78 is 5.31. The van der Waals surface area contributed by atoms with Gasteiger partial charge in [0.05, 0.1) is 7.11 Å². The van der Waals surface area contributed by atoms with Gasteiger partial charge in [-0.3, -0.25) is 4.90 Å². The van der Waals surface area contributed by atoms with Gasteiger partial charge in [0, 0.05) is 32.2 Å². The molecular formula is C14H22Cl2N2O. The van der Waals surface area contributed by atoms with Gasteiger partial charge in [0.15, 0.2) is 0 Å². The normalized spacial score (nSPS) is 22.5. The molecule has 5 heteroatoms. The van der Waals surface area contributed by atoms with E-state index in [0.717, 1.165) is 18.7 Å². The molecular weight excluding hydrogens is 283 g/mol. The SMILES string of the molecule is COc1ccc2c(c1)CCN1CCN(C)CC21.Cl.Cl. The minimum atomic E-state index is 0.